The lowest BCUT2D eigenvalue weighted by Gasteiger charge is -2.35. The molecule has 3 nitrogen and oxygen atoms in total. The fourth-order valence-corrected chi connectivity index (χ4v) is 2.52. The van der Waals surface area contributed by atoms with Crippen molar-refractivity contribution >= 4 is 17.4 Å². The summed E-state index contributed by atoms with van der Waals surface area (Å²) in [6, 6.07) is 0. The van der Waals surface area contributed by atoms with Gasteiger partial charge in [0.05, 0.1) is 0 Å². The summed E-state index contributed by atoms with van der Waals surface area (Å²) in [6.45, 7) is 6.00. The molecule has 1 saturated heterocycles. The molecule has 0 N–H and O–H groups in total. The molecule has 16 heavy (non-hydrogen) atoms. The van der Waals surface area contributed by atoms with Crippen molar-refractivity contribution in [3.05, 3.63) is 17.3 Å². The number of rotatable bonds is 1. The molecule has 1 aromatic heterocycles. The summed E-state index contributed by atoms with van der Waals surface area (Å²) in [7, 11) is 0. The van der Waals surface area contributed by atoms with Crippen molar-refractivity contribution in [3.8, 4) is 0 Å². The lowest BCUT2D eigenvalue weighted by Crippen LogP contribution is -2.39. The number of nitrogens with zero attached hydrogens (tertiary/aromatic N) is 3. The standard InChI is InChI=1S/C11H15ClFN3/c1-7-3-8(2)5-16(4-7)11-9(13)10(12)14-6-15-11/h6-8H,3-5H2,1-2H3/t7-,8-/m0/s1. The molecule has 0 unspecified atom stereocenters. The second-order valence-electron chi connectivity index (χ2n) is 4.65. The third-order valence-corrected chi connectivity index (χ3v) is 3.16. The molecule has 2 heterocycles. The average molecular weight is 244 g/mol. The van der Waals surface area contributed by atoms with E-state index in [4.69, 9.17) is 11.6 Å². The summed E-state index contributed by atoms with van der Waals surface area (Å²) in [5, 5.41) is -0.101. The minimum Gasteiger partial charge on any atom is -0.354 e. The maximum absolute atomic E-state index is 13.7. The van der Waals surface area contributed by atoms with E-state index in [-0.39, 0.29) is 5.15 Å². The highest BCUT2D eigenvalue weighted by atomic mass is 35.5. The first kappa shape index (κ1) is 11.6. The van der Waals surface area contributed by atoms with E-state index in [0.29, 0.717) is 17.7 Å². The van der Waals surface area contributed by atoms with Crippen molar-refractivity contribution in [1.82, 2.24) is 9.97 Å². The Balaban J connectivity index is 2.26. The first-order valence-corrected chi connectivity index (χ1v) is 5.86. The van der Waals surface area contributed by atoms with Gasteiger partial charge in [0.2, 0.25) is 5.82 Å². The van der Waals surface area contributed by atoms with Gasteiger partial charge in [0.25, 0.3) is 0 Å². The van der Waals surface area contributed by atoms with Gasteiger partial charge < -0.3 is 4.90 Å². The van der Waals surface area contributed by atoms with Crippen LogP contribution < -0.4 is 4.90 Å². The van der Waals surface area contributed by atoms with Crippen LogP contribution in [0.4, 0.5) is 10.2 Å². The van der Waals surface area contributed by atoms with Crippen LogP contribution in [0.5, 0.6) is 0 Å². The monoisotopic (exact) mass is 243 g/mol. The molecule has 0 amide bonds. The molecule has 0 saturated carbocycles. The zero-order valence-corrected chi connectivity index (χ0v) is 10.2. The zero-order valence-electron chi connectivity index (χ0n) is 9.45. The molecule has 1 aliphatic heterocycles. The molecule has 1 aliphatic rings. The van der Waals surface area contributed by atoms with Crippen LogP contribution in [0.1, 0.15) is 20.3 Å². The van der Waals surface area contributed by atoms with E-state index in [2.05, 4.69) is 23.8 Å². The van der Waals surface area contributed by atoms with Crippen LogP contribution in [0.15, 0.2) is 6.33 Å². The van der Waals surface area contributed by atoms with E-state index in [9.17, 15) is 4.39 Å². The highest BCUT2D eigenvalue weighted by molar-refractivity contribution is 6.29. The Kier molecular flexibility index (Phi) is 3.28. The Morgan fingerprint density at radius 3 is 2.56 bits per heavy atom. The van der Waals surface area contributed by atoms with Crippen molar-refractivity contribution in [3.63, 3.8) is 0 Å². The van der Waals surface area contributed by atoms with Crippen molar-refractivity contribution in [2.45, 2.75) is 20.3 Å². The third kappa shape index (κ3) is 2.26. The Morgan fingerprint density at radius 1 is 1.31 bits per heavy atom. The van der Waals surface area contributed by atoms with Gasteiger partial charge in [0.1, 0.15) is 6.33 Å². The smallest absolute Gasteiger partial charge is 0.202 e. The third-order valence-electron chi connectivity index (χ3n) is 2.90. The molecule has 1 fully saturated rings. The highest BCUT2D eigenvalue weighted by Gasteiger charge is 2.25. The summed E-state index contributed by atoms with van der Waals surface area (Å²) in [5.74, 6) is 0.928. The summed E-state index contributed by atoms with van der Waals surface area (Å²) in [6.07, 6.45) is 2.49. The van der Waals surface area contributed by atoms with E-state index in [1.165, 1.54) is 12.7 Å². The van der Waals surface area contributed by atoms with Gasteiger partial charge in [0.15, 0.2) is 11.0 Å². The largest absolute Gasteiger partial charge is 0.354 e. The van der Waals surface area contributed by atoms with Crippen molar-refractivity contribution in [2.75, 3.05) is 18.0 Å². The van der Waals surface area contributed by atoms with Crippen LogP contribution in [0, 0.1) is 17.7 Å². The van der Waals surface area contributed by atoms with Crippen molar-refractivity contribution in [1.29, 1.82) is 0 Å². The van der Waals surface area contributed by atoms with Gasteiger partial charge in [-0.2, -0.15) is 4.39 Å². The minimum absolute atomic E-state index is 0.101. The number of hydrogen-bond donors (Lipinski definition) is 0. The van der Waals surface area contributed by atoms with E-state index in [1.54, 1.807) is 0 Å². The molecule has 0 spiro atoms. The minimum atomic E-state index is -0.509. The van der Waals surface area contributed by atoms with Gasteiger partial charge in [0, 0.05) is 13.1 Å². The highest BCUT2D eigenvalue weighted by Crippen LogP contribution is 2.28. The Hall–Kier alpha value is -0.900. The summed E-state index contributed by atoms with van der Waals surface area (Å²) >= 11 is 5.65. The predicted octanol–water partition coefficient (Wildman–Crippen LogP) is 2.75. The average Bonchev–Trinajstić information content (AvgIpc) is 2.20. The van der Waals surface area contributed by atoms with Crippen LogP contribution in [0.3, 0.4) is 0 Å². The van der Waals surface area contributed by atoms with Crippen LogP contribution in [-0.4, -0.2) is 23.1 Å². The number of piperidine rings is 1. The van der Waals surface area contributed by atoms with Crippen LogP contribution in [0.2, 0.25) is 5.15 Å². The summed E-state index contributed by atoms with van der Waals surface area (Å²) in [4.78, 5) is 9.57. The predicted molar refractivity (Wildman–Crippen MR) is 62.2 cm³/mol. The first-order valence-electron chi connectivity index (χ1n) is 5.49. The van der Waals surface area contributed by atoms with Crippen LogP contribution >= 0.6 is 11.6 Å². The van der Waals surface area contributed by atoms with Crippen molar-refractivity contribution < 1.29 is 4.39 Å². The molecule has 5 heteroatoms. The second-order valence-corrected chi connectivity index (χ2v) is 5.01. The number of aromatic nitrogens is 2. The zero-order chi connectivity index (χ0) is 11.7. The molecule has 0 bridgehead atoms. The quantitative estimate of drug-likeness (QED) is 0.711. The van der Waals surface area contributed by atoms with E-state index in [1.807, 2.05) is 4.90 Å². The second kappa shape index (κ2) is 4.53. The Labute approximate surface area is 99.6 Å². The number of halogens is 2. The Bertz CT molecular complexity index is 375. The van der Waals surface area contributed by atoms with Crippen molar-refractivity contribution in [2.24, 2.45) is 11.8 Å². The van der Waals surface area contributed by atoms with Gasteiger partial charge in [-0.05, 0) is 18.3 Å². The van der Waals surface area contributed by atoms with E-state index >= 15 is 0 Å². The molecule has 0 aromatic carbocycles. The lowest BCUT2D eigenvalue weighted by atomic mass is 9.92. The maximum Gasteiger partial charge on any atom is 0.202 e. The number of anilines is 1. The Morgan fingerprint density at radius 2 is 1.94 bits per heavy atom. The number of hydrogen-bond acceptors (Lipinski definition) is 3. The first-order chi connectivity index (χ1) is 7.58. The van der Waals surface area contributed by atoms with Crippen LogP contribution in [0.25, 0.3) is 0 Å². The molecule has 2 atom stereocenters. The molecular formula is C11H15ClFN3. The molecule has 88 valence electrons. The van der Waals surface area contributed by atoms with Gasteiger partial charge in [-0.3, -0.25) is 0 Å². The molecule has 0 radical (unpaired) electrons. The topological polar surface area (TPSA) is 29.0 Å². The van der Waals surface area contributed by atoms with E-state index < -0.39 is 5.82 Å². The molecular weight excluding hydrogens is 229 g/mol. The van der Waals surface area contributed by atoms with Crippen LogP contribution in [-0.2, 0) is 0 Å². The molecule has 1 aromatic rings. The summed E-state index contributed by atoms with van der Waals surface area (Å²) < 4.78 is 13.7. The molecule has 0 aliphatic carbocycles. The SMILES string of the molecule is C[C@H]1C[C@H](C)CN(c2ncnc(Cl)c2F)C1. The van der Waals surface area contributed by atoms with Gasteiger partial charge in [-0.25, -0.2) is 9.97 Å². The van der Waals surface area contributed by atoms with Gasteiger partial charge in [-0.1, -0.05) is 25.4 Å². The fourth-order valence-electron chi connectivity index (χ4n) is 2.40. The normalized spacial score (nSPS) is 25.9. The van der Waals surface area contributed by atoms with Gasteiger partial charge in [-0.15, -0.1) is 0 Å². The molecule has 2 rings (SSSR count). The maximum atomic E-state index is 13.7. The van der Waals surface area contributed by atoms with Gasteiger partial charge >= 0.3 is 0 Å². The lowest BCUT2D eigenvalue weighted by molar-refractivity contribution is 0.352. The van der Waals surface area contributed by atoms with E-state index in [0.717, 1.165) is 13.1 Å². The summed E-state index contributed by atoms with van der Waals surface area (Å²) in [5.41, 5.74) is 0. The fraction of sp³-hybridized carbons (Fsp3) is 0.636.